The third-order valence-electron chi connectivity index (χ3n) is 4.09. The summed E-state index contributed by atoms with van der Waals surface area (Å²) < 4.78 is 32.9. The van der Waals surface area contributed by atoms with Gasteiger partial charge in [-0.3, -0.25) is 0 Å². The smallest absolute Gasteiger partial charge is 0.216 e. The van der Waals surface area contributed by atoms with Crippen LogP contribution in [0.15, 0.2) is 24.3 Å². The van der Waals surface area contributed by atoms with Gasteiger partial charge >= 0.3 is 0 Å². The lowest BCUT2D eigenvalue weighted by Crippen LogP contribution is -2.51. The third-order valence-corrected chi connectivity index (χ3v) is 5.52. The Balaban J connectivity index is 2.14. The second-order valence-corrected chi connectivity index (χ2v) is 7.48. The van der Waals surface area contributed by atoms with E-state index in [1.54, 1.807) is 7.11 Å². The molecule has 0 bridgehead atoms. The van der Waals surface area contributed by atoms with E-state index < -0.39 is 15.6 Å². The Kier molecular flexibility index (Phi) is 5.37. The van der Waals surface area contributed by atoms with E-state index in [2.05, 4.69) is 4.72 Å². The topological polar surface area (TPSA) is 81.4 Å². The van der Waals surface area contributed by atoms with Crippen LogP contribution in [0.5, 0.6) is 0 Å². The molecule has 21 heavy (non-hydrogen) atoms. The molecule has 118 valence electrons. The van der Waals surface area contributed by atoms with Crippen molar-refractivity contribution in [3.8, 4) is 0 Å². The van der Waals surface area contributed by atoms with Crippen LogP contribution in [0, 0.1) is 0 Å². The van der Waals surface area contributed by atoms with Crippen molar-refractivity contribution in [3.63, 3.8) is 0 Å². The van der Waals surface area contributed by atoms with E-state index in [0.29, 0.717) is 13.2 Å². The zero-order valence-electron chi connectivity index (χ0n) is 12.5. The number of nitrogens with two attached hydrogens (primary N) is 1. The van der Waals surface area contributed by atoms with Crippen LogP contribution in [0.1, 0.15) is 36.8 Å². The van der Waals surface area contributed by atoms with Gasteiger partial charge in [0.15, 0.2) is 0 Å². The zero-order chi connectivity index (χ0) is 15.3. The summed E-state index contributed by atoms with van der Waals surface area (Å²) in [7, 11) is -1.81. The summed E-state index contributed by atoms with van der Waals surface area (Å²) in [6.07, 6.45) is 3.70. The molecule has 0 unspecified atom stereocenters. The van der Waals surface area contributed by atoms with Crippen molar-refractivity contribution in [2.75, 3.05) is 13.7 Å². The number of sulfonamides is 1. The first kappa shape index (κ1) is 16.4. The highest BCUT2D eigenvalue weighted by Crippen LogP contribution is 2.29. The second-order valence-electron chi connectivity index (χ2n) is 5.75. The quantitative estimate of drug-likeness (QED) is 0.800. The number of benzene rings is 1. The van der Waals surface area contributed by atoms with Crippen LogP contribution in [0.25, 0.3) is 0 Å². The highest BCUT2D eigenvalue weighted by Gasteiger charge is 2.36. The number of methoxy groups -OCH3 is 1. The minimum absolute atomic E-state index is 0.0334. The van der Waals surface area contributed by atoms with Gasteiger partial charge in [0.05, 0.1) is 12.4 Å². The van der Waals surface area contributed by atoms with Crippen LogP contribution >= 0.6 is 0 Å². The molecule has 0 aliphatic heterocycles. The lowest BCUT2D eigenvalue weighted by atomic mass is 10.0. The Morgan fingerprint density at radius 3 is 2.43 bits per heavy atom. The molecule has 2 rings (SSSR count). The van der Waals surface area contributed by atoms with Crippen LogP contribution < -0.4 is 10.5 Å². The van der Waals surface area contributed by atoms with Crippen LogP contribution in [-0.2, 0) is 27.1 Å². The van der Waals surface area contributed by atoms with Crippen molar-refractivity contribution in [2.24, 2.45) is 5.73 Å². The fourth-order valence-electron chi connectivity index (χ4n) is 2.96. The average molecular weight is 312 g/mol. The van der Waals surface area contributed by atoms with E-state index in [1.807, 2.05) is 24.3 Å². The Labute approximate surface area is 126 Å². The average Bonchev–Trinajstić information content (AvgIpc) is 2.89. The molecule has 6 heteroatoms. The Morgan fingerprint density at radius 2 is 1.86 bits per heavy atom. The van der Waals surface area contributed by atoms with Gasteiger partial charge in [-0.15, -0.1) is 0 Å². The van der Waals surface area contributed by atoms with E-state index >= 15 is 0 Å². The summed E-state index contributed by atoms with van der Waals surface area (Å²) in [5, 5.41) is 0. The van der Waals surface area contributed by atoms with Gasteiger partial charge in [0.2, 0.25) is 10.0 Å². The first-order valence-corrected chi connectivity index (χ1v) is 8.93. The summed E-state index contributed by atoms with van der Waals surface area (Å²) in [6, 6.07) is 7.45. The van der Waals surface area contributed by atoms with E-state index in [1.165, 1.54) is 0 Å². The highest BCUT2D eigenvalue weighted by molar-refractivity contribution is 7.88. The second kappa shape index (κ2) is 6.87. The van der Waals surface area contributed by atoms with E-state index in [9.17, 15) is 8.42 Å². The van der Waals surface area contributed by atoms with Gasteiger partial charge in [-0.2, -0.15) is 0 Å². The van der Waals surface area contributed by atoms with Crippen LogP contribution in [0.2, 0.25) is 0 Å². The SMILES string of the molecule is COCc1ccccc1CS(=O)(=O)NC1(CN)CCCC1. The van der Waals surface area contributed by atoms with Gasteiger partial charge in [-0.25, -0.2) is 13.1 Å². The number of ether oxygens (including phenoxy) is 1. The fraction of sp³-hybridized carbons (Fsp3) is 0.600. The van der Waals surface area contributed by atoms with Crippen LogP contribution in [0.4, 0.5) is 0 Å². The Morgan fingerprint density at radius 1 is 1.24 bits per heavy atom. The van der Waals surface area contributed by atoms with Gasteiger partial charge < -0.3 is 10.5 Å². The molecule has 0 aromatic heterocycles. The van der Waals surface area contributed by atoms with Gasteiger partial charge in [-0.1, -0.05) is 37.1 Å². The maximum absolute atomic E-state index is 12.5. The maximum atomic E-state index is 12.5. The van der Waals surface area contributed by atoms with Crippen molar-refractivity contribution in [3.05, 3.63) is 35.4 Å². The van der Waals surface area contributed by atoms with Gasteiger partial charge in [0, 0.05) is 19.2 Å². The number of hydrogen-bond donors (Lipinski definition) is 2. The maximum Gasteiger partial charge on any atom is 0.216 e. The van der Waals surface area contributed by atoms with Crippen LogP contribution in [-0.4, -0.2) is 27.6 Å². The first-order valence-electron chi connectivity index (χ1n) is 7.28. The number of nitrogens with one attached hydrogen (secondary N) is 1. The van der Waals surface area contributed by atoms with Crippen molar-refractivity contribution in [2.45, 2.75) is 43.6 Å². The third kappa shape index (κ3) is 4.26. The Bertz CT molecular complexity index is 566. The summed E-state index contributed by atoms with van der Waals surface area (Å²) in [6.45, 7) is 0.764. The monoisotopic (exact) mass is 312 g/mol. The lowest BCUT2D eigenvalue weighted by Gasteiger charge is -2.28. The summed E-state index contributed by atoms with van der Waals surface area (Å²) >= 11 is 0. The molecular weight excluding hydrogens is 288 g/mol. The molecular formula is C15H24N2O3S. The minimum atomic E-state index is -3.41. The predicted octanol–water partition coefficient (Wildman–Crippen LogP) is 1.52. The number of rotatable bonds is 7. The lowest BCUT2D eigenvalue weighted by molar-refractivity contribution is 0.184. The molecule has 0 radical (unpaired) electrons. The molecule has 3 N–H and O–H groups in total. The largest absolute Gasteiger partial charge is 0.380 e. The molecule has 0 amide bonds. The Hall–Kier alpha value is -0.950. The highest BCUT2D eigenvalue weighted by atomic mass is 32.2. The molecule has 0 heterocycles. The summed E-state index contributed by atoms with van der Waals surface area (Å²) in [5.41, 5.74) is 7.03. The van der Waals surface area contributed by atoms with Gasteiger partial charge in [0.1, 0.15) is 0 Å². The summed E-state index contributed by atoms with van der Waals surface area (Å²) in [5.74, 6) is -0.0334. The van der Waals surface area contributed by atoms with E-state index in [-0.39, 0.29) is 5.75 Å². The first-order chi connectivity index (χ1) is 10.0. The fourth-order valence-corrected chi connectivity index (χ4v) is 4.68. The molecule has 1 aliphatic rings. The minimum Gasteiger partial charge on any atom is -0.380 e. The molecule has 5 nitrogen and oxygen atoms in total. The van der Waals surface area contributed by atoms with E-state index in [4.69, 9.17) is 10.5 Å². The van der Waals surface area contributed by atoms with Crippen molar-refractivity contribution in [1.29, 1.82) is 0 Å². The van der Waals surface area contributed by atoms with Crippen molar-refractivity contribution in [1.82, 2.24) is 4.72 Å². The van der Waals surface area contributed by atoms with Gasteiger partial charge in [-0.05, 0) is 24.0 Å². The summed E-state index contributed by atoms with van der Waals surface area (Å²) in [4.78, 5) is 0. The number of hydrogen-bond acceptors (Lipinski definition) is 4. The molecule has 0 saturated heterocycles. The molecule has 0 atom stereocenters. The van der Waals surface area contributed by atoms with Crippen molar-refractivity contribution < 1.29 is 13.2 Å². The van der Waals surface area contributed by atoms with Crippen LogP contribution in [0.3, 0.4) is 0 Å². The molecule has 1 aromatic carbocycles. The molecule has 1 aromatic rings. The standard InChI is InChI=1S/C15H24N2O3S/c1-20-10-13-6-2-3-7-14(13)11-21(18,19)17-15(12-16)8-4-5-9-15/h2-3,6-7,17H,4-5,8-12,16H2,1H3. The molecule has 0 spiro atoms. The molecule has 1 fully saturated rings. The van der Waals surface area contributed by atoms with E-state index in [0.717, 1.165) is 36.8 Å². The molecule has 1 aliphatic carbocycles. The predicted molar refractivity (Wildman–Crippen MR) is 83.2 cm³/mol. The zero-order valence-corrected chi connectivity index (χ0v) is 13.3. The molecule has 1 saturated carbocycles. The normalized spacial score (nSPS) is 18.0. The van der Waals surface area contributed by atoms with Gasteiger partial charge in [0.25, 0.3) is 0 Å². The van der Waals surface area contributed by atoms with Crippen molar-refractivity contribution >= 4 is 10.0 Å².